The van der Waals surface area contributed by atoms with Crippen molar-refractivity contribution < 1.29 is 9.53 Å². The summed E-state index contributed by atoms with van der Waals surface area (Å²) < 4.78 is 8.86. The number of hydrogen-bond acceptors (Lipinski definition) is 7. The van der Waals surface area contributed by atoms with Crippen LogP contribution >= 0.6 is 11.8 Å². The highest BCUT2D eigenvalue weighted by atomic mass is 32.2. The minimum Gasteiger partial charge on any atom is -0.486 e. The second-order valence-electron chi connectivity index (χ2n) is 9.09. The highest BCUT2D eigenvalue weighted by Gasteiger charge is 2.16. The van der Waals surface area contributed by atoms with E-state index >= 15 is 0 Å². The van der Waals surface area contributed by atoms with Crippen LogP contribution in [0.2, 0.25) is 0 Å². The molecule has 9 nitrogen and oxygen atoms in total. The number of benzene rings is 2. The number of amides is 1. The van der Waals surface area contributed by atoms with Crippen molar-refractivity contribution in [1.82, 2.24) is 24.7 Å². The number of nitrogens with two attached hydrogens (primary N) is 1. The molecule has 0 fully saturated rings. The largest absolute Gasteiger partial charge is 0.486 e. The Morgan fingerprint density at radius 1 is 1.09 bits per heavy atom. The maximum atomic E-state index is 12.6. The number of thioether (sulfide) groups is 1. The van der Waals surface area contributed by atoms with Gasteiger partial charge in [0.1, 0.15) is 18.2 Å². The number of aryl methyl sites for hydroxylation is 1. The maximum Gasteiger partial charge on any atom is 0.236 e. The molecule has 2 aromatic carbocycles. The number of nitrogens with one attached hydrogen (secondary N) is 1. The molecule has 0 aliphatic carbocycles. The maximum absolute atomic E-state index is 12.6. The van der Waals surface area contributed by atoms with E-state index in [9.17, 15) is 4.79 Å². The standard InChI is InChI=1S/C25H29N7O2S/c1-17-14-21(32(30-17)19-8-6-5-7-9-19)27-23(33)16-35-24-29-28-22(31(24)26)15-34-20-12-10-18(11-13-20)25(2,3)4/h5-14H,15-16,26H2,1-4H3,(H,27,33). The molecular formula is C25H29N7O2S. The number of carbonyl (C=O) groups is 1. The zero-order valence-electron chi connectivity index (χ0n) is 20.2. The van der Waals surface area contributed by atoms with Crippen LogP contribution in [0.4, 0.5) is 5.82 Å². The minimum atomic E-state index is -0.202. The molecule has 3 N–H and O–H groups in total. The SMILES string of the molecule is Cc1cc(NC(=O)CSc2nnc(COc3ccc(C(C)(C)C)cc3)n2N)n(-c2ccccc2)n1. The third kappa shape index (κ3) is 6.02. The van der Waals surface area contributed by atoms with Crippen LogP contribution < -0.4 is 15.9 Å². The quantitative estimate of drug-likeness (QED) is 0.282. The number of nitrogen functional groups attached to an aromatic ring is 1. The van der Waals surface area contributed by atoms with E-state index in [-0.39, 0.29) is 23.7 Å². The molecule has 0 saturated heterocycles. The lowest BCUT2D eigenvalue weighted by Crippen LogP contribution is -2.19. The van der Waals surface area contributed by atoms with Crippen LogP contribution in [0.25, 0.3) is 5.69 Å². The predicted octanol–water partition coefficient (Wildman–Crippen LogP) is 4.09. The Morgan fingerprint density at radius 2 is 1.80 bits per heavy atom. The molecule has 2 aromatic heterocycles. The molecular weight excluding hydrogens is 462 g/mol. The van der Waals surface area contributed by atoms with E-state index in [1.54, 1.807) is 4.68 Å². The number of ether oxygens (including phenoxy) is 1. The van der Waals surface area contributed by atoms with Crippen molar-refractivity contribution in [2.45, 2.75) is 44.9 Å². The zero-order chi connectivity index (χ0) is 25.0. The van der Waals surface area contributed by atoms with Gasteiger partial charge in [0.05, 0.1) is 17.1 Å². The van der Waals surface area contributed by atoms with Crippen molar-refractivity contribution >= 4 is 23.5 Å². The van der Waals surface area contributed by atoms with Gasteiger partial charge in [-0.1, -0.05) is 62.9 Å². The summed E-state index contributed by atoms with van der Waals surface area (Å²) in [4.78, 5) is 12.6. The van der Waals surface area contributed by atoms with Crippen molar-refractivity contribution in [3.05, 3.63) is 77.7 Å². The first kappa shape index (κ1) is 24.3. The molecule has 0 atom stereocenters. The molecule has 0 unspecified atom stereocenters. The second kappa shape index (κ2) is 10.2. The smallest absolute Gasteiger partial charge is 0.236 e. The van der Waals surface area contributed by atoms with Crippen LogP contribution in [-0.4, -0.2) is 36.3 Å². The monoisotopic (exact) mass is 491 g/mol. The first-order chi connectivity index (χ1) is 16.7. The van der Waals surface area contributed by atoms with Gasteiger partial charge in [-0.05, 0) is 42.2 Å². The van der Waals surface area contributed by atoms with Gasteiger partial charge >= 0.3 is 0 Å². The van der Waals surface area contributed by atoms with E-state index in [1.807, 2.05) is 67.6 Å². The zero-order valence-corrected chi connectivity index (χ0v) is 21.0. The van der Waals surface area contributed by atoms with Gasteiger partial charge in [0, 0.05) is 6.07 Å². The summed E-state index contributed by atoms with van der Waals surface area (Å²) in [6.07, 6.45) is 0. The van der Waals surface area contributed by atoms with E-state index in [0.29, 0.717) is 16.8 Å². The number of aromatic nitrogens is 5. The second-order valence-corrected chi connectivity index (χ2v) is 10.0. The Balaban J connectivity index is 1.33. The number of carbonyl (C=O) groups excluding carboxylic acids is 1. The molecule has 0 saturated carbocycles. The molecule has 4 aromatic rings. The molecule has 2 heterocycles. The lowest BCUT2D eigenvalue weighted by molar-refractivity contribution is -0.113. The average Bonchev–Trinajstić information content (AvgIpc) is 3.38. The summed E-state index contributed by atoms with van der Waals surface area (Å²) in [6, 6.07) is 19.4. The molecule has 0 spiro atoms. The Morgan fingerprint density at radius 3 is 2.49 bits per heavy atom. The van der Waals surface area contributed by atoms with Gasteiger partial charge in [0.2, 0.25) is 11.1 Å². The lowest BCUT2D eigenvalue weighted by atomic mass is 9.87. The topological polar surface area (TPSA) is 113 Å². The van der Waals surface area contributed by atoms with Gasteiger partial charge in [-0.2, -0.15) is 5.10 Å². The van der Waals surface area contributed by atoms with Crippen molar-refractivity contribution in [3.63, 3.8) is 0 Å². The Kier molecular flexibility index (Phi) is 7.11. The summed E-state index contributed by atoms with van der Waals surface area (Å²) >= 11 is 1.20. The Hall–Kier alpha value is -3.79. The fourth-order valence-electron chi connectivity index (χ4n) is 3.37. The van der Waals surface area contributed by atoms with Gasteiger partial charge in [-0.3, -0.25) is 4.79 Å². The van der Waals surface area contributed by atoms with E-state index in [2.05, 4.69) is 41.4 Å². The summed E-state index contributed by atoms with van der Waals surface area (Å²) in [7, 11) is 0. The van der Waals surface area contributed by atoms with Crippen LogP contribution in [0.15, 0.2) is 65.8 Å². The third-order valence-electron chi connectivity index (χ3n) is 5.26. The normalized spacial score (nSPS) is 11.4. The van der Waals surface area contributed by atoms with Crippen LogP contribution in [-0.2, 0) is 16.8 Å². The van der Waals surface area contributed by atoms with Crippen molar-refractivity contribution in [2.24, 2.45) is 0 Å². The van der Waals surface area contributed by atoms with Gasteiger partial charge in [-0.15, -0.1) is 10.2 Å². The number of nitrogens with zero attached hydrogens (tertiary/aromatic N) is 5. The lowest BCUT2D eigenvalue weighted by Gasteiger charge is -2.19. The average molecular weight is 492 g/mol. The van der Waals surface area contributed by atoms with Gasteiger partial charge < -0.3 is 15.9 Å². The highest BCUT2D eigenvalue weighted by Crippen LogP contribution is 2.25. The van der Waals surface area contributed by atoms with Crippen LogP contribution in [0.5, 0.6) is 5.75 Å². The number of anilines is 1. The number of para-hydroxylation sites is 1. The van der Waals surface area contributed by atoms with E-state index < -0.39 is 0 Å². The van der Waals surface area contributed by atoms with Crippen LogP contribution in [0.1, 0.15) is 37.9 Å². The minimum absolute atomic E-state index is 0.0777. The Labute approximate surface area is 208 Å². The molecule has 1 amide bonds. The van der Waals surface area contributed by atoms with E-state index in [1.165, 1.54) is 22.0 Å². The van der Waals surface area contributed by atoms with Gasteiger partial charge in [0.25, 0.3) is 0 Å². The first-order valence-electron chi connectivity index (χ1n) is 11.2. The van der Waals surface area contributed by atoms with Crippen molar-refractivity contribution in [2.75, 3.05) is 16.9 Å². The number of hydrogen-bond donors (Lipinski definition) is 2. The first-order valence-corrected chi connectivity index (χ1v) is 12.2. The fourth-order valence-corrected chi connectivity index (χ4v) is 4.04. The van der Waals surface area contributed by atoms with E-state index in [4.69, 9.17) is 10.6 Å². The third-order valence-corrected chi connectivity index (χ3v) is 6.20. The fraction of sp³-hybridized carbons (Fsp3) is 0.280. The molecule has 182 valence electrons. The molecule has 0 aliphatic rings. The highest BCUT2D eigenvalue weighted by molar-refractivity contribution is 7.99. The van der Waals surface area contributed by atoms with Crippen LogP contribution in [0, 0.1) is 6.92 Å². The number of rotatable bonds is 8. The van der Waals surface area contributed by atoms with Crippen molar-refractivity contribution in [3.8, 4) is 11.4 Å². The van der Waals surface area contributed by atoms with Crippen molar-refractivity contribution in [1.29, 1.82) is 0 Å². The summed E-state index contributed by atoms with van der Waals surface area (Å²) in [5.74, 6) is 7.83. The summed E-state index contributed by atoms with van der Waals surface area (Å²) in [5.41, 5.74) is 2.97. The molecule has 35 heavy (non-hydrogen) atoms. The predicted molar refractivity (Wildman–Crippen MR) is 137 cm³/mol. The van der Waals surface area contributed by atoms with E-state index in [0.717, 1.165) is 17.1 Å². The molecule has 10 heteroatoms. The van der Waals surface area contributed by atoms with Gasteiger partial charge in [0.15, 0.2) is 5.82 Å². The molecule has 0 bridgehead atoms. The van der Waals surface area contributed by atoms with Gasteiger partial charge in [-0.25, -0.2) is 9.36 Å². The van der Waals surface area contributed by atoms with Crippen LogP contribution in [0.3, 0.4) is 0 Å². The summed E-state index contributed by atoms with van der Waals surface area (Å²) in [6.45, 7) is 8.54. The molecule has 4 rings (SSSR count). The molecule has 0 radical (unpaired) electrons. The molecule has 0 aliphatic heterocycles. The summed E-state index contributed by atoms with van der Waals surface area (Å²) in [5, 5.41) is 16.0. The Bertz CT molecular complexity index is 1290.